The zero-order chi connectivity index (χ0) is 15.2. The van der Waals surface area contributed by atoms with Gasteiger partial charge in [-0.3, -0.25) is 0 Å². The van der Waals surface area contributed by atoms with Gasteiger partial charge in [-0.25, -0.2) is 4.79 Å². The van der Waals surface area contributed by atoms with Crippen LogP contribution in [0.3, 0.4) is 0 Å². The third kappa shape index (κ3) is 4.55. The smallest absolute Gasteiger partial charge is 0.314 e. The Kier molecular flexibility index (Phi) is 5.31. The highest BCUT2D eigenvalue weighted by atomic mass is 16.5. The number of urea groups is 1. The van der Waals surface area contributed by atoms with Gasteiger partial charge in [0, 0.05) is 19.1 Å². The minimum Gasteiger partial charge on any atom is -0.491 e. The number of carbonyl (C=O) groups excluding carboxylic acids is 1. The number of carbonyl (C=O) groups is 1. The summed E-state index contributed by atoms with van der Waals surface area (Å²) >= 11 is 0. The summed E-state index contributed by atoms with van der Waals surface area (Å²) in [7, 11) is 0. The predicted molar refractivity (Wildman–Crippen MR) is 84.6 cm³/mol. The number of rotatable bonds is 5. The van der Waals surface area contributed by atoms with Gasteiger partial charge in [0.1, 0.15) is 5.75 Å². The van der Waals surface area contributed by atoms with Crippen molar-refractivity contribution in [2.24, 2.45) is 11.7 Å². The third-order valence-electron chi connectivity index (χ3n) is 3.63. The molecule has 1 aromatic carbocycles. The number of para-hydroxylation sites is 2. The molecule has 1 heterocycles. The standard InChI is InChI=1S/C16H25N3O2/c1-12(2)11-21-15-6-4-3-5-14(15)18-13-7-9-19(10-8-13)16(17)20/h3-6,12-13,18H,7-11H2,1-2H3,(H2,17,20). The van der Waals surface area contributed by atoms with Gasteiger partial charge in [0.2, 0.25) is 0 Å². The molecule has 3 N–H and O–H groups in total. The van der Waals surface area contributed by atoms with Crippen molar-refractivity contribution in [3.8, 4) is 5.75 Å². The fourth-order valence-corrected chi connectivity index (χ4v) is 2.43. The number of anilines is 1. The largest absolute Gasteiger partial charge is 0.491 e. The number of benzene rings is 1. The van der Waals surface area contributed by atoms with Gasteiger partial charge in [-0.1, -0.05) is 26.0 Å². The van der Waals surface area contributed by atoms with Crippen molar-refractivity contribution in [1.29, 1.82) is 0 Å². The Hall–Kier alpha value is -1.91. The highest BCUT2D eigenvalue weighted by Gasteiger charge is 2.21. The number of ether oxygens (including phenoxy) is 1. The van der Waals surface area contributed by atoms with Crippen LogP contribution in [-0.4, -0.2) is 36.7 Å². The number of amides is 2. The number of hydrogen-bond acceptors (Lipinski definition) is 3. The lowest BCUT2D eigenvalue weighted by molar-refractivity contribution is 0.193. The highest BCUT2D eigenvalue weighted by molar-refractivity contribution is 5.72. The molecule has 0 saturated carbocycles. The minimum absolute atomic E-state index is 0.325. The van der Waals surface area contributed by atoms with E-state index in [1.807, 2.05) is 24.3 Å². The van der Waals surface area contributed by atoms with E-state index in [1.165, 1.54) is 0 Å². The first kappa shape index (κ1) is 15.5. The quantitative estimate of drug-likeness (QED) is 0.876. The zero-order valence-electron chi connectivity index (χ0n) is 12.8. The van der Waals surface area contributed by atoms with Crippen LogP contribution in [0.1, 0.15) is 26.7 Å². The molecule has 0 atom stereocenters. The Morgan fingerprint density at radius 1 is 1.38 bits per heavy atom. The molecule has 0 bridgehead atoms. The molecule has 116 valence electrons. The zero-order valence-corrected chi connectivity index (χ0v) is 12.8. The summed E-state index contributed by atoms with van der Waals surface area (Å²) in [6.07, 6.45) is 1.81. The molecule has 0 aliphatic carbocycles. The average molecular weight is 291 g/mol. The van der Waals surface area contributed by atoms with E-state index in [1.54, 1.807) is 4.90 Å². The maximum Gasteiger partial charge on any atom is 0.314 e. The second kappa shape index (κ2) is 7.20. The van der Waals surface area contributed by atoms with Crippen molar-refractivity contribution in [3.63, 3.8) is 0 Å². The Balaban J connectivity index is 1.92. The highest BCUT2D eigenvalue weighted by Crippen LogP contribution is 2.27. The second-order valence-electron chi connectivity index (χ2n) is 5.94. The first-order valence-corrected chi connectivity index (χ1v) is 7.59. The van der Waals surface area contributed by atoms with Gasteiger partial charge in [-0.05, 0) is 30.9 Å². The Bertz CT molecular complexity index is 468. The Morgan fingerprint density at radius 2 is 2.05 bits per heavy atom. The number of likely N-dealkylation sites (tertiary alicyclic amines) is 1. The molecule has 1 aliphatic rings. The molecule has 5 heteroatoms. The molecule has 21 heavy (non-hydrogen) atoms. The normalized spacial score (nSPS) is 16.0. The Morgan fingerprint density at radius 3 is 2.67 bits per heavy atom. The molecule has 0 radical (unpaired) electrons. The van der Waals surface area contributed by atoms with E-state index in [4.69, 9.17) is 10.5 Å². The van der Waals surface area contributed by atoms with Crippen molar-refractivity contribution in [1.82, 2.24) is 4.90 Å². The number of hydrogen-bond donors (Lipinski definition) is 2. The molecule has 1 aromatic rings. The Labute approximate surface area is 126 Å². The van der Waals surface area contributed by atoms with Crippen molar-refractivity contribution in [2.75, 3.05) is 25.0 Å². The molecule has 1 saturated heterocycles. The summed E-state index contributed by atoms with van der Waals surface area (Å²) in [5.74, 6) is 1.39. The lowest BCUT2D eigenvalue weighted by Gasteiger charge is -2.32. The monoisotopic (exact) mass is 291 g/mol. The van der Waals surface area contributed by atoms with Crippen LogP contribution in [0.2, 0.25) is 0 Å². The van der Waals surface area contributed by atoms with Crippen molar-refractivity contribution >= 4 is 11.7 Å². The lowest BCUT2D eigenvalue weighted by Crippen LogP contribution is -2.44. The summed E-state index contributed by atoms with van der Waals surface area (Å²) < 4.78 is 5.85. The van der Waals surface area contributed by atoms with Crippen molar-refractivity contribution < 1.29 is 9.53 Å². The molecule has 5 nitrogen and oxygen atoms in total. The van der Waals surface area contributed by atoms with Gasteiger partial charge in [0.15, 0.2) is 0 Å². The van der Waals surface area contributed by atoms with Crippen LogP contribution in [0.5, 0.6) is 5.75 Å². The van der Waals surface area contributed by atoms with Crippen LogP contribution in [0.15, 0.2) is 24.3 Å². The van der Waals surface area contributed by atoms with E-state index in [-0.39, 0.29) is 6.03 Å². The summed E-state index contributed by atoms with van der Waals surface area (Å²) in [5, 5.41) is 3.53. The molecular formula is C16H25N3O2. The van der Waals surface area contributed by atoms with Gasteiger partial charge < -0.3 is 20.7 Å². The summed E-state index contributed by atoms with van der Waals surface area (Å²) in [4.78, 5) is 12.8. The SMILES string of the molecule is CC(C)COc1ccccc1NC1CCN(C(N)=O)CC1. The molecule has 2 rings (SSSR count). The van der Waals surface area contributed by atoms with Crippen LogP contribution < -0.4 is 15.8 Å². The van der Waals surface area contributed by atoms with Gasteiger partial charge in [-0.15, -0.1) is 0 Å². The van der Waals surface area contributed by atoms with E-state index in [0.717, 1.165) is 24.3 Å². The average Bonchev–Trinajstić information content (AvgIpc) is 2.47. The molecule has 1 aliphatic heterocycles. The van der Waals surface area contributed by atoms with E-state index in [9.17, 15) is 4.79 Å². The molecule has 0 unspecified atom stereocenters. The first-order valence-electron chi connectivity index (χ1n) is 7.59. The second-order valence-corrected chi connectivity index (χ2v) is 5.94. The molecule has 1 fully saturated rings. The van der Waals surface area contributed by atoms with Gasteiger partial charge in [-0.2, -0.15) is 0 Å². The van der Waals surface area contributed by atoms with Crippen LogP contribution in [0.25, 0.3) is 0 Å². The van der Waals surface area contributed by atoms with Crippen molar-refractivity contribution in [2.45, 2.75) is 32.7 Å². The van der Waals surface area contributed by atoms with Gasteiger partial charge >= 0.3 is 6.03 Å². The van der Waals surface area contributed by atoms with Crippen molar-refractivity contribution in [3.05, 3.63) is 24.3 Å². The van der Waals surface area contributed by atoms with Crippen LogP contribution >= 0.6 is 0 Å². The van der Waals surface area contributed by atoms with E-state index in [0.29, 0.717) is 31.7 Å². The summed E-state index contributed by atoms with van der Waals surface area (Å²) in [5.41, 5.74) is 6.33. The number of piperidine rings is 1. The number of nitrogens with two attached hydrogens (primary N) is 1. The molecular weight excluding hydrogens is 266 g/mol. The number of nitrogens with zero attached hydrogens (tertiary/aromatic N) is 1. The molecule has 0 aromatic heterocycles. The van der Waals surface area contributed by atoms with Crippen LogP contribution in [0.4, 0.5) is 10.5 Å². The predicted octanol–water partition coefficient (Wildman–Crippen LogP) is 2.68. The van der Waals surface area contributed by atoms with E-state index >= 15 is 0 Å². The topological polar surface area (TPSA) is 67.6 Å². The van der Waals surface area contributed by atoms with E-state index < -0.39 is 0 Å². The fraction of sp³-hybridized carbons (Fsp3) is 0.562. The fourth-order valence-electron chi connectivity index (χ4n) is 2.43. The van der Waals surface area contributed by atoms with Gasteiger partial charge in [0.05, 0.1) is 12.3 Å². The lowest BCUT2D eigenvalue weighted by atomic mass is 10.0. The van der Waals surface area contributed by atoms with E-state index in [2.05, 4.69) is 19.2 Å². The summed E-state index contributed by atoms with van der Waals surface area (Å²) in [6.45, 7) is 6.40. The molecule has 0 spiro atoms. The third-order valence-corrected chi connectivity index (χ3v) is 3.63. The first-order chi connectivity index (χ1) is 10.1. The minimum atomic E-state index is -0.325. The summed E-state index contributed by atoms with van der Waals surface area (Å²) in [6, 6.07) is 8.04. The van der Waals surface area contributed by atoms with Crippen LogP contribution in [-0.2, 0) is 0 Å². The number of primary amides is 1. The number of nitrogens with one attached hydrogen (secondary N) is 1. The maximum absolute atomic E-state index is 11.1. The van der Waals surface area contributed by atoms with Crippen LogP contribution in [0, 0.1) is 5.92 Å². The maximum atomic E-state index is 11.1. The van der Waals surface area contributed by atoms with Gasteiger partial charge in [0.25, 0.3) is 0 Å². The molecule has 2 amide bonds.